The molecule has 7 nitrogen and oxygen atoms in total. The molecule has 8 heteroatoms. The van der Waals surface area contributed by atoms with Gasteiger partial charge < -0.3 is 14.9 Å². The number of hydrogen-bond donors (Lipinski definition) is 1. The maximum Gasteiger partial charge on any atom is 0.231 e. The van der Waals surface area contributed by atoms with Gasteiger partial charge in [0.25, 0.3) is 0 Å². The molecule has 2 aromatic rings. The molecule has 0 bridgehead atoms. The number of halogens is 1. The molecule has 1 aromatic carbocycles. The maximum absolute atomic E-state index is 14.2. The molecule has 1 aliphatic carbocycles. The Kier molecular flexibility index (Phi) is 7.01. The molecule has 2 aliphatic heterocycles. The molecular weight excluding hydrogens is 474 g/mol. The Morgan fingerprint density at radius 1 is 1.17 bits per heavy atom. The molecule has 3 aliphatic rings. The van der Waals surface area contributed by atoms with E-state index in [1.165, 1.54) is 0 Å². The largest absolute Gasteiger partial charge is 0.387 e. The number of likely N-dealkylation sites (N-methyl/N-ethyl adjacent to an activating group) is 1. The molecule has 0 saturated carbocycles. The summed E-state index contributed by atoms with van der Waals surface area (Å²) >= 11 is 6.20. The molecule has 1 aromatic heterocycles. The van der Waals surface area contributed by atoms with Crippen molar-refractivity contribution in [2.24, 2.45) is 0 Å². The van der Waals surface area contributed by atoms with Crippen molar-refractivity contribution in [1.82, 2.24) is 19.8 Å². The zero-order valence-electron chi connectivity index (χ0n) is 21.8. The highest BCUT2D eigenvalue weighted by Gasteiger charge is 2.46. The number of piperazine rings is 1. The van der Waals surface area contributed by atoms with Crippen molar-refractivity contribution < 1.29 is 9.90 Å². The van der Waals surface area contributed by atoms with Crippen molar-refractivity contribution in [2.75, 3.05) is 37.6 Å². The second-order valence-corrected chi connectivity index (χ2v) is 11.6. The second-order valence-electron chi connectivity index (χ2n) is 11.2. The first-order valence-corrected chi connectivity index (χ1v) is 13.7. The van der Waals surface area contributed by atoms with E-state index in [9.17, 15) is 9.90 Å². The van der Waals surface area contributed by atoms with E-state index in [0.29, 0.717) is 24.5 Å². The number of aromatic nitrogens is 2. The van der Waals surface area contributed by atoms with Crippen molar-refractivity contribution in [2.45, 2.75) is 76.5 Å². The Hall–Kier alpha value is -2.22. The molecular formula is C28H38ClN5O2. The summed E-state index contributed by atoms with van der Waals surface area (Å²) in [6, 6.07) is 8.02. The molecule has 36 heavy (non-hydrogen) atoms. The normalized spacial score (nSPS) is 26.8. The second kappa shape index (κ2) is 9.92. The smallest absolute Gasteiger partial charge is 0.231 e. The van der Waals surface area contributed by atoms with Gasteiger partial charge in [0.1, 0.15) is 12.1 Å². The molecule has 2 fully saturated rings. The molecule has 4 atom stereocenters. The van der Waals surface area contributed by atoms with E-state index in [2.05, 4.69) is 47.5 Å². The number of carbonyl (C=O) groups excluding carboxylic acids is 1. The van der Waals surface area contributed by atoms with Crippen LogP contribution in [0.25, 0.3) is 0 Å². The number of fused-ring (bicyclic) bond motifs is 1. The number of hydrogen-bond acceptors (Lipinski definition) is 6. The van der Waals surface area contributed by atoms with E-state index < -0.39 is 6.10 Å². The summed E-state index contributed by atoms with van der Waals surface area (Å²) in [6.45, 7) is 12.6. The van der Waals surface area contributed by atoms with Gasteiger partial charge in [0, 0.05) is 48.3 Å². The SMILES string of the molecule is CCN1C(C(C(=O)N2CCN(c3ncnc4c3[C@H](C)C[C@@H]4O)CC2)c2ccc(Cl)cc2)CCC1(C)C. The van der Waals surface area contributed by atoms with Crippen LogP contribution in [0.2, 0.25) is 5.02 Å². The Morgan fingerprint density at radius 3 is 2.53 bits per heavy atom. The van der Waals surface area contributed by atoms with Crippen molar-refractivity contribution in [3.8, 4) is 0 Å². The minimum Gasteiger partial charge on any atom is -0.387 e. The van der Waals surface area contributed by atoms with Crippen molar-refractivity contribution >= 4 is 23.3 Å². The summed E-state index contributed by atoms with van der Waals surface area (Å²) in [5.74, 6) is 1.13. The Labute approximate surface area is 219 Å². The van der Waals surface area contributed by atoms with Crippen LogP contribution >= 0.6 is 11.6 Å². The third-order valence-corrected chi connectivity index (χ3v) is 8.87. The zero-order valence-corrected chi connectivity index (χ0v) is 22.6. The van der Waals surface area contributed by atoms with Crippen LogP contribution in [0.1, 0.15) is 81.7 Å². The highest BCUT2D eigenvalue weighted by Crippen LogP contribution is 2.43. The first-order valence-electron chi connectivity index (χ1n) is 13.3. The minimum absolute atomic E-state index is 0.0811. The number of anilines is 1. The van der Waals surface area contributed by atoms with Gasteiger partial charge in [0.15, 0.2) is 0 Å². The average Bonchev–Trinajstić information content (AvgIpc) is 3.34. The molecule has 194 valence electrons. The number of likely N-dealkylation sites (tertiary alicyclic amines) is 1. The number of aliphatic hydroxyl groups excluding tert-OH is 1. The fourth-order valence-corrected chi connectivity index (χ4v) is 6.87. The lowest BCUT2D eigenvalue weighted by atomic mass is 9.88. The van der Waals surface area contributed by atoms with Crippen LogP contribution in [0.15, 0.2) is 30.6 Å². The molecule has 0 spiro atoms. The van der Waals surface area contributed by atoms with Crippen LogP contribution in [0.4, 0.5) is 5.82 Å². The van der Waals surface area contributed by atoms with Gasteiger partial charge in [0.05, 0.1) is 17.7 Å². The summed E-state index contributed by atoms with van der Waals surface area (Å²) in [6.07, 6.45) is 3.82. The molecule has 3 heterocycles. The van der Waals surface area contributed by atoms with Crippen molar-refractivity contribution in [3.63, 3.8) is 0 Å². The van der Waals surface area contributed by atoms with Gasteiger partial charge in [-0.3, -0.25) is 9.69 Å². The minimum atomic E-state index is -0.517. The van der Waals surface area contributed by atoms with E-state index >= 15 is 0 Å². The lowest BCUT2D eigenvalue weighted by Gasteiger charge is -2.42. The summed E-state index contributed by atoms with van der Waals surface area (Å²) in [7, 11) is 0. The fourth-order valence-electron chi connectivity index (χ4n) is 6.75. The van der Waals surface area contributed by atoms with Gasteiger partial charge in [-0.25, -0.2) is 9.97 Å². The van der Waals surface area contributed by atoms with Crippen LogP contribution in [-0.4, -0.2) is 75.1 Å². The molecule has 0 radical (unpaired) electrons. The van der Waals surface area contributed by atoms with E-state index in [1.807, 2.05) is 29.2 Å². The van der Waals surface area contributed by atoms with Gasteiger partial charge >= 0.3 is 0 Å². The summed E-state index contributed by atoms with van der Waals surface area (Å²) in [5.41, 5.74) is 2.95. The van der Waals surface area contributed by atoms with Gasteiger partial charge in [-0.1, -0.05) is 37.6 Å². The molecule has 2 unspecified atom stereocenters. The topological polar surface area (TPSA) is 72.8 Å². The van der Waals surface area contributed by atoms with Crippen molar-refractivity contribution in [3.05, 3.63) is 52.4 Å². The fraction of sp³-hybridized carbons (Fsp3) is 0.607. The first-order chi connectivity index (χ1) is 17.2. The molecule has 1 amide bonds. The lowest BCUT2D eigenvalue weighted by molar-refractivity contribution is -0.135. The number of amides is 1. The maximum atomic E-state index is 14.2. The third kappa shape index (κ3) is 4.50. The standard InChI is InChI=1S/C28H38ClN5O2/c1-5-34-21(10-11-28(34,3)4)24(19-6-8-20(29)9-7-19)27(36)33-14-12-32(13-15-33)26-23-18(2)16-22(35)25(23)30-17-31-26/h6-9,17-18,21-22,24,35H,5,10-16H2,1-4H3/t18-,21?,22+,24?/m1/s1. The summed E-state index contributed by atoms with van der Waals surface area (Å²) < 4.78 is 0. The Morgan fingerprint density at radius 2 is 1.86 bits per heavy atom. The highest BCUT2D eigenvalue weighted by molar-refractivity contribution is 6.30. The van der Waals surface area contributed by atoms with Gasteiger partial charge in [-0.15, -0.1) is 0 Å². The highest BCUT2D eigenvalue weighted by atomic mass is 35.5. The predicted molar refractivity (Wildman–Crippen MR) is 142 cm³/mol. The Balaban J connectivity index is 1.37. The van der Waals surface area contributed by atoms with Crippen LogP contribution in [0.3, 0.4) is 0 Å². The number of rotatable bonds is 5. The van der Waals surface area contributed by atoms with Gasteiger partial charge in [-0.2, -0.15) is 0 Å². The van der Waals surface area contributed by atoms with E-state index in [4.69, 9.17) is 11.6 Å². The van der Waals surface area contributed by atoms with Gasteiger partial charge in [0.2, 0.25) is 5.91 Å². The monoisotopic (exact) mass is 511 g/mol. The molecule has 1 N–H and O–H groups in total. The summed E-state index contributed by atoms with van der Waals surface area (Å²) in [5, 5.41) is 11.1. The number of benzene rings is 1. The van der Waals surface area contributed by atoms with Gasteiger partial charge in [-0.05, 0) is 63.3 Å². The van der Waals surface area contributed by atoms with Crippen molar-refractivity contribution in [1.29, 1.82) is 0 Å². The number of carbonyl (C=O) groups is 1. The molecule has 5 rings (SSSR count). The van der Waals surface area contributed by atoms with E-state index in [-0.39, 0.29) is 29.3 Å². The van der Waals surface area contributed by atoms with Crippen LogP contribution in [-0.2, 0) is 4.79 Å². The summed E-state index contributed by atoms with van der Waals surface area (Å²) in [4.78, 5) is 29.9. The molecule has 2 saturated heterocycles. The van der Waals surface area contributed by atoms with E-state index in [1.54, 1.807) is 6.33 Å². The van der Waals surface area contributed by atoms with Crippen LogP contribution in [0, 0.1) is 0 Å². The average molecular weight is 512 g/mol. The first kappa shape index (κ1) is 25.4. The Bertz CT molecular complexity index is 1100. The van der Waals surface area contributed by atoms with Crippen LogP contribution in [0.5, 0.6) is 0 Å². The number of nitrogens with zero attached hydrogens (tertiary/aromatic N) is 5. The zero-order chi connectivity index (χ0) is 25.6. The van der Waals surface area contributed by atoms with Crippen LogP contribution < -0.4 is 4.90 Å². The quantitative estimate of drug-likeness (QED) is 0.642. The number of aliphatic hydroxyl groups is 1. The van der Waals surface area contributed by atoms with E-state index in [0.717, 1.165) is 55.1 Å². The predicted octanol–water partition coefficient (Wildman–Crippen LogP) is 4.37. The lowest BCUT2D eigenvalue weighted by Crippen LogP contribution is -2.54. The third-order valence-electron chi connectivity index (χ3n) is 8.62.